The molecule has 0 aliphatic carbocycles. The van der Waals surface area contributed by atoms with E-state index in [4.69, 9.17) is 4.74 Å². The molecule has 0 radical (unpaired) electrons. The molecular formula is C13H27N2O2+. The van der Waals surface area contributed by atoms with E-state index in [-0.39, 0.29) is 11.3 Å². The second-order valence-electron chi connectivity index (χ2n) is 6.05. The van der Waals surface area contributed by atoms with Gasteiger partial charge in [-0.05, 0) is 5.41 Å². The summed E-state index contributed by atoms with van der Waals surface area (Å²) in [5.74, 6) is 0.175. The molecular weight excluding hydrogens is 216 g/mol. The van der Waals surface area contributed by atoms with Gasteiger partial charge in [-0.3, -0.25) is 4.79 Å². The molecule has 0 saturated carbocycles. The molecule has 0 aromatic carbocycles. The van der Waals surface area contributed by atoms with Gasteiger partial charge in [-0.2, -0.15) is 0 Å². The second-order valence-corrected chi connectivity index (χ2v) is 6.05. The molecule has 4 heteroatoms. The van der Waals surface area contributed by atoms with Gasteiger partial charge in [-0.25, -0.2) is 0 Å². The maximum Gasteiger partial charge on any atom is 0.220 e. The minimum Gasteiger partial charge on any atom is -0.370 e. The van der Waals surface area contributed by atoms with Crippen LogP contribution < -0.4 is 10.2 Å². The van der Waals surface area contributed by atoms with Crippen molar-refractivity contribution in [3.05, 3.63) is 0 Å². The fourth-order valence-electron chi connectivity index (χ4n) is 2.02. The van der Waals surface area contributed by atoms with Crippen LogP contribution in [-0.4, -0.2) is 45.3 Å². The highest BCUT2D eigenvalue weighted by Crippen LogP contribution is 2.17. The van der Waals surface area contributed by atoms with E-state index >= 15 is 0 Å². The first-order valence-corrected chi connectivity index (χ1v) is 6.65. The van der Waals surface area contributed by atoms with Crippen LogP contribution in [0.3, 0.4) is 0 Å². The Morgan fingerprint density at radius 2 is 1.94 bits per heavy atom. The Morgan fingerprint density at radius 1 is 1.29 bits per heavy atom. The van der Waals surface area contributed by atoms with E-state index < -0.39 is 0 Å². The van der Waals surface area contributed by atoms with Crippen molar-refractivity contribution in [2.45, 2.75) is 33.6 Å². The summed E-state index contributed by atoms with van der Waals surface area (Å²) in [7, 11) is 0. The Bertz CT molecular complexity index is 230. The van der Waals surface area contributed by atoms with Crippen LogP contribution in [0.5, 0.6) is 0 Å². The molecule has 1 saturated heterocycles. The van der Waals surface area contributed by atoms with E-state index in [1.807, 2.05) is 0 Å². The topological polar surface area (TPSA) is 42.8 Å². The standard InChI is InChI=1S/C13H26N2O2/c1-13(2,3)11-12(16)14-5-4-6-15-7-9-17-10-8-15/h4-11H2,1-3H3,(H,14,16)/p+1. The van der Waals surface area contributed by atoms with Gasteiger partial charge < -0.3 is 15.0 Å². The first-order valence-electron chi connectivity index (χ1n) is 6.65. The average Bonchev–Trinajstić information content (AvgIpc) is 2.23. The number of carbonyl (C=O) groups is 1. The predicted molar refractivity (Wildman–Crippen MR) is 68.1 cm³/mol. The zero-order valence-electron chi connectivity index (χ0n) is 11.5. The largest absolute Gasteiger partial charge is 0.370 e. The molecule has 1 aliphatic rings. The zero-order chi connectivity index (χ0) is 12.7. The molecule has 0 atom stereocenters. The quantitative estimate of drug-likeness (QED) is 0.659. The van der Waals surface area contributed by atoms with Gasteiger partial charge in [0.15, 0.2) is 0 Å². The Balaban J connectivity index is 2.01. The molecule has 2 N–H and O–H groups in total. The molecule has 0 aromatic rings. The van der Waals surface area contributed by atoms with Gasteiger partial charge >= 0.3 is 0 Å². The van der Waals surface area contributed by atoms with Gasteiger partial charge in [0.2, 0.25) is 5.91 Å². The van der Waals surface area contributed by atoms with Gasteiger partial charge in [0.25, 0.3) is 0 Å². The SMILES string of the molecule is CC(C)(C)CC(=O)NCCC[NH+]1CCOCC1. The molecule has 1 aliphatic heterocycles. The normalized spacial score (nSPS) is 18.1. The minimum absolute atomic E-state index is 0.0829. The molecule has 1 amide bonds. The van der Waals surface area contributed by atoms with Crippen LogP contribution in [0, 0.1) is 5.41 Å². The van der Waals surface area contributed by atoms with E-state index in [1.54, 1.807) is 4.90 Å². The van der Waals surface area contributed by atoms with Crippen LogP contribution in [-0.2, 0) is 9.53 Å². The summed E-state index contributed by atoms with van der Waals surface area (Å²) in [5, 5.41) is 3.00. The third kappa shape index (κ3) is 7.34. The summed E-state index contributed by atoms with van der Waals surface area (Å²) in [6, 6.07) is 0. The lowest BCUT2D eigenvalue weighted by atomic mass is 9.92. The Kier molecular flexibility index (Phi) is 5.92. The lowest BCUT2D eigenvalue weighted by Gasteiger charge is -2.23. The van der Waals surface area contributed by atoms with Gasteiger partial charge in [-0.15, -0.1) is 0 Å². The summed E-state index contributed by atoms with van der Waals surface area (Å²) in [4.78, 5) is 13.2. The molecule has 1 fully saturated rings. The Morgan fingerprint density at radius 3 is 2.53 bits per heavy atom. The van der Waals surface area contributed by atoms with Crippen LogP contribution >= 0.6 is 0 Å². The van der Waals surface area contributed by atoms with Crippen LogP contribution in [0.4, 0.5) is 0 Å². The van der Waals surface area contributed by atoms with Crippen LogP contribution in [0.1, 0.15) is 33.6 Å². The highest BCUT2D eigenvalue weighted by molar-refractivity contribution is 5.76. The molecule has 17 heavy (non-hydrogen) atoms. The van der Waals surface area contributed by atoms with E-state index in [1.165, 1.54) is 0 Å². The number of nitrogens with one attached hydrogen (secondary N) is 2. The third-order valence-corrected chi connectivity index (χ3v) is 2.92. The Hall–Kier alpha value is -0.610. The van der Waals surface area contributed by atoms with E-state index in [2.05, 4.69) is 26.1 Å². The fourth-order valence-corrected chi connectivity index (χ4v) is 2.02. The molecule has 100 valence electrons. The number of morpholine rings is 1. The van der Waals surface area contributed by atoms with Crippen LogP contribution in [0.2, 0.25) is 0 Å². The fraction of sp³-hybridized carbons (Fsp3) is 0.923. The van der Waals surface area contributed by atoms with Crippen molar-refractivity contribution in [2.24, 2.45) is 5.41 Å². The van der Waals surface area contributed by atoms with Gasteiger partial charge in [-0.1, -0.05) is 20.8 Å². The summed E-state index contributed by atoms with van der Waals surface area (Å²) in [6.07, 6.45) is 1.67. The number of rotatable bonds is 5. The molecule has 0 aromatic heterocycles. The van der Waals surface area contributed by atoms with E-state index in [0.717, 1.165) is 45.8 Å². The van der Waals surface area contributed by atoms with Crippen molar-refractivity contribution in [1.29, 1.82) is 0 Å². The van der Waals surface area contributed by atoms with Crippen molar-refractivity contribution < 1.29 is 14.4 Å². The molecule has 0 unspecified atom stereocenters. The first kappa shape index (κ1) is 14.5. The van der Waals surface area contributed by atoms with Crippen molar-refractivity contribution in [3.8, 4) is 0 Å². The molecule has 4 nitrogen and oxygen atoms in total. The Labute approximate surface area is 105 Å². The van der Waals surface area contributed by atoms with Crippen molar-refractivity contribution in [3.63, 3.8) is 0 Å². The molecule has 0 bridgehead atoms. The number of hydrogen-bond donors (Lipinski definition) is 2. The average molecular weight is 243 g/mol. The molecule has 1 heterocycles. The minimum atomic E-state index is 0.0829. The summed E-state index contributed by atoms with van der Waals surface area (Å²) < 4.78 is 5.31. The smallest absolute Gasteiger partial charge is 0.220 e. The lowest BCUT2D eigenvalue weighted by molar-refractivity contribution is -0.908. The predicted octanol–water partition coefficient (Wildman–Crippen LogP) is -0.156. The molecule has 1 rings (SSSR count). The number of hydrogen-bond acceptors (Lipinski definition) is 2. The van der Waals surface area contributed by atoms with Crippen molar-refractivity contribution >= 4 is 5.91 Å². The highest BCUT2D eigenvalue weighted by Gasteiger charge is 2.16. The number of quaternary nitrogens is 1. The van der Waals surface area contributed by atoms with Crippen LogP contribution in [0.15, 0.2) is 0 Å². The third-order valence-electron chi connectivity index (χ3n) is 2.92. The summed E-state index contributed by atoms with van der Waals surface area (Å²) in [6.45, 7) is 12.2. The first-order chi connectivity index (χ1) is 7.97. The van der Waals surface area contributed by atoms with Gasteiger partial charge in [0, 0.05) is 19.4 Å². The highest BCUT2D eigenvalue weighted by atomic mass is 16.5. The van der Waals surface area contributed by atoms with Gasteiger partial charge in [0.05, 0.1) is 19.8 Å². The zero-order valence-corrected chi connectivity index (χ0v) is 11.5. The van der Waals surface area contributed by atoms with Crippen molar-refractivity contribution in [1.82, 2.24) is 5.32 Å². The van der Waals surface area contributed by atoms with E-state index in [9.17, 15) is 4.79 Å². The van der Waals surface area contributed by atoms with E-state index in [0.29, 0.717) is 6.42 Å². The maximum absolute atomic E-state index is 11.6. The summed E-state index contributed by atoms with van der Waals surface area (Å²) >= 11 is 0. The monoisotopic (exact) mass is 243 g/mol. The number of carbonyl (C=O) groups excluding carboxylic acids is 1. The van der Waals surface area contributed by atoms with Crippen molar-refractivity contribution in [2.75, 3.05) is 39.4 Å². The lowest BCUT2D eigenvalue weighted by Crippen LogP contribution is -3.14. The second kappa shape index (κ2) is 6.97. The van der Waals surface area contributed by atoms with Crippen LogP contribution in [0.25, 0.3) is 0 Å². The maximum atomic E-state index is 11.6. The molecule has 0 spiro atoms. The number of ether oxygens (including phenoxy) is 1. The van der Waals surface area contributed by atoms with Gasteiger partial charge in [0.1, 0.15) is 13.1 Å². The number of amides is 1. The summed E-state index contributed by atoms with van der Waals surface area (Å²) in [5.41, 5.74) is 0.0829.